The Kier molecular flexibility index (Phi) is 5.97. The van der Waals surface area contributed by atoms with Gasteiger partial charge in [0.25, 0.3) is 6.33 Å². The van der Waals surface area contributed by atoms with Crippen molar-refractivity contribution >= 4 is 29.0 Å². The maximum Gasteiger partial charge on any atom is 0.265 e. The molecule has 19 heavy (non-hydrogen) atoms. The Balaban J connectivity index is 0.00000180. The molecule has 2 aromatic rings. The lowest BCUT2D eigenvalue weighted by atomic mass is 10.1. The summed E-state index contributed by atoms with van der Waals surface area (Å²) >= 11 is 11.8. The first-order chi connectivity index (χ1) is 8.60. The number of carbonyl (C=O) groups excluding carboxylic acids is 1. The molecule has 2 rings (SSSR count). The zero-order valence-corrected chi connectivity index (χ0v) is 13.3. The molecule has 0 saturated carbocycles. The van der Waals surface area contributed by atoms with Crippen LogP contribution in [0.25, 0.3) is 0 Å². The minimum Gasteiger partial charge on any atom is -1.00 e. The second kappa shape index (κ2) is 7.03. The van der Waals surface area contributed by atoms with E-state index < -0.39 is 0 Å². The van der Waals surface area contributed by atoms with Gasteiger partial charge in [0, 0.05) is 15.7 Å². The summed E-state index contributed by atoms with van der Waals surface area (Å²) in [5.41, 5.74) is 0.458. The summed E-state index contributed by atoms with van der Waals surface area (Å²) in [5.74, 6) is -0.0944. The highest BCUT2D eigenvalue weighted by atomic mass is 79.9. The van der Waals surface area contributed by atoms with Crippen molar-refractivity contribution in [2.45, 2.75) is 20.0 Å². The standard InChI is InChI=1S/C12H12Cl2N3O.BrH/c1-2-16-7-15-17(8-16)6-12(18)10-4-3-9(13)5-11(10)14;/h3-5,7-8H,2,6H2,1H3;1H/q+1;/p-1. The third-order valence-electron chi connectivity index (χ3n) is 2.53. The number of hydrogen-bond donors (Lipinski definition) is 0. The minimum atomic E-state index is -0.0944. The summed E-state index contributed by atoms with van der Waals surface area (Å²) in [5, 5.41) is 4.97. The van der Waals surface area contributed by atoms with E-state index >= 15 is 0 Å². The van der Waals surface area contributed by atoms with E-state index in [0.717, 1.165) is 6.54 Å². The molecule has 7 heteroatoms. The average Bonchev–Trinajstić information content (AvgIpc) is 2.76. The van der Waals surface area contributed by atoms with Crippen LogP contribution in [-0.2, 0) is 13.1 Å². The number of Topliss-reactive ketones (excluding diaryl/α,β-unsaturated/α-hetero) is 1. The number of aromatic nitrogens is 3. The van der Waals surface area contributed by atoms with E-state index in [1.165, 1.54) is 0 Å². The third kappa shape index (κ3) is 4.03. The summed E-state index contributed by atoms with van der Waals surface area (Å²) in [6.45, 7) is 2.98. The van der Waals surface area contributed by atoms with Crippen molar-refractivity contribution in [2.75, 3.05) is 0 Å². The van der Waals surface area contributed by atoms with Gasteiger partial charge in [0.2, 0.25) is 12.1 Å². The van der Waals surface area contributed by atoms with Crippen LogP contribution in [0.1, 0.15) is 17.3 Å². The highest BCUT2D eigenvalue weighted by molar-refractivity contribution is 6.36. The lowest BCUT2D eigenvalue weighted by molar-refractivity contribution is -0.694. The van der Waals surface area contributed by atoms with E-state index in [1.807, 2.05) is 11.5 Å². The molecule has 0 radical (unpaired) electrons. The summed E-state index contributed by atoms with van der Waals surface area (Å²) in [4.78, 5) is 12.0. The largest absolute Gasteiger partial charge is 1.00 e. The number of ketones is 1. The quantitative estimate of drug-likeness (QED) is 0.536. The topological polar surface area (TPSA) is 38.8 Å². The van der Waals surface area contributed by atoms with Crippen LogP contribution in [-0.4, -0.2) is 15.6 Å². The molecule has 1 aromatic heterocycles. The molecule has 0 spiro atoms. The van der Waals surface area contributed by atoms with Gasteiger partial charge < -0.3 is 17.0 Å². The van der Waals surface area contributed by atoms with Crippen LogP contribution in [0.3, 0.4) is 0 Å². The molecule has 4 nitrogen and oxygen atoms in total. The molecule has 0 N–H and O–H groups in total. The van der Waals surface area contributed by atoms with Gasteiger partial charge in [-0.15, -0.1) is 4.68 Å². The normalized spacial score (nSPS) is 10.1. The zero-order valence-electron chi connectivity index (χ0n) is 10.2. The Bertz CT molecular complexity index is 586. The van der Waals surface area contributed by atoms with E-state index in [4.69, 9.17) is 23.2 Å². The van der Waals surface area contributed by atoms with Gasteiger partial charge in [0.1, 0.15) is 0 Å². The molecule has 0 aliphatic carbocycles. The maximum absolute atomic E-state index is 12.0. The fraction of sp³-hybridized carbons (Fsp3) is 0.250. The average molecular weight is 365 g/mol. The number of aryl methyl sites for hydroxylation is 1. The number of hydrogen-bond acceptors (Lipinski definition) is 2. The molecule has 0 amide bonds. The van der Waals surface area contributed by atoms with Crippen LogP contribution in [0.4, 0.5) is 0 Å². The molecular formula is C12H12BrCl2N3O. The molecule has 102 valence electrons. The van der Waals surface area contributed by atoms with Crippen LogP contribution >= 0.6 is 23.2 Å². The molecule has 0 aliphatic rings. The SMILES string of the molecule is CC[n+]1cnn(CC(=O)c2ccc(Cl)cc2Cl)c1.[Br-]. The predicted octanol–water partition coefficient (Wildman–Crippen LogP) is -0.616. The predicted molar refractivity (Wildman–Crippen MR) is 68.9 cm³/mol. The van der Waals surface area contributed by atoms with Crippen molar-refractivity contribution in [3.8, 4) is 0 Å². The number of benzene rings is 1. The van der Waals surface area contributed by atoms with Gasteiger partial charge in [0.15, 0.2) is 6.54 Å². The molecule has 0 atom stereocenters. The molecule has 0 bridgehead atoms. The van der Waals surface area contributed by atoms with Gasteiger partial charge in [-0.25, -0.2) is 4.57 Å². The smallest absolute Gasteiger partial charge is 0.265 e. The van der Waals surface area contributed by atoms with E-state index in [9.17, 15) is 4.79 Å². The first-order valence-corrected chi connectivity index (χ1v) is 6.25. The highest BCUT2D eigenvalue weighted by Crippen LogP contribution is 2.21. The van der Waals surface area contributed by atoms with Crippen LogP contribution < -0.4 is 21.5 Å². The minimum absolute atomic E-state index is 0. The summed E-state index contributed by atoms with van der Waals surface area (Å²) < 4.78 is 3.47. The van der Waals surface area contributed by atoms with Crippen molar-refractivity contribution in [1.82, 2.24) is 9.78 Å². The molecule has 0 aliphatic heterocycles. The summed E-state index contributed by atoms with van der Waals surface area (Å²) in [6, 6.07) is 4.84. The van der Waals surface area contributed by atoms with Gasteiger partial charge in [0.05, 0.1) is 11.6 Å². The fourth-order valence-electron chi connectivity index (χ4n) is 1.56. The Morgan fingerprint density at radius 3 is 2.74 bits per heavy atom. The van der Waals surface area contributed by atoms with Crippen LogP contribution in [0.2, 0.25) is 10.0 Å². The first kappa shape index (κ1) is 16.1. The third-order valence-corrected chi connectivity index (χ3v) is 3.08. The van der Waals surface area contributed by atoms with E-state index in [0.29, 0.717) is 15.6 Å². The Labute approximate surface area is 131 Å². The first-order valence-electron chi connectivity index (χ1n) is 5.50. The monoisotopic (exact) mass is 363 g/mol. The van der Waals surface area contributed by atoms with Gasteiger partial charge >= 0.3 is 0 Å². The van der Waals surface area contributed by atoms with E-state index in [1.54, 1.807) is 35.5 Å². The molecule has 1 aromatic carbocycles. The second-order valence-electron chi connectivity index (χ2n) is 3.82. The van der Waals surface area contributed by atoms with Crippen LogP contribution in [0, 0.1) is 0 Å². The summed E-state index contributed by atoms with van der Waals surface area (Å²) in [7, 11) is 0. The zero-order chi connectivity index (χ0) is 13.1. The van der Waals surface area contributed by atoms with E-state index in [2.05, 4.69) is 5.10 Å². The van der Waals surface area contributed by atoms with Gasteiger partial charge in [-0.2, -0.15) is 0 Å². The van der Waals surface area contributed by atoms with Crippen molar-refractivity contribution < 1.29 is 26.3 Å². The molecular weight excluding hydrogens is 353 g/mol. The maximum atomic E-state index is 12.0. The number of halogens is 3. The van der Waals surface area contributed by atoms with Crippen molar-refractivity contribution in [3.63, 3.8) is 0 Å². The van der Waals surface area contributed by atoms with Crippen molar-refractivity contribution in [2.24, 2.45) is 0 Å². The number of rotatable bonds is 4. The number of nitrogens with zero attached hydrogens (tertiary/aromatic N) is 3. The lowest BCUT2D eigenvalue weighted by Crippen LogP contribution is -3.00. The number of carbonyl (C=O) groups is 1. The van der Waals surface area contributed by atoms with Gasteiger partial charge in [-0.1, -0.05) is 23.2 Å². The Morgan fingerprint density at radius 1 is 1.42 bits per heavy atom. The summed E-state index contributed by atoms with van der Waals surface area (Å²) in [6.07, 6.45) is 3.46. The van der Waals surface area contributed by atoms with Crippen molar-refractivity contribution in [1.29, 1.82) is 0 Å². The van der Waals surface area contributed by atoms with E-state index in [-0.39, 0.29) is 29.3 Å². The molecule has 0 fully saturated rings. The van der Waals surface area contributed by atoms with Gasteiger partial charge in [-0.05, 0) is 25.1 Å². The lowest BCUT2D eigenvalue weighted by Gasteiger charge is -2.01. The van der Waals surface area contributed by atoms with Gasteiger partial charge in [-0.3, -0.25) is 4.79 Å². The highest BCUT2D eigenvalue weighted by Gasteiger charge is 2.15. The second-order valence-corrected chi connectivity index (χ2v) is 4.67. The van der Waals surface area contributed by atoms with Crippen LogP contribution in [0.5, 0.6) is 0 Å². The molecule has 0 saturated heterocycles. The molecule has 0 unspecified atom stereocenters. The molecule has 1 heterocycles. The Morgan fingerprint density at radius 2 is 2.16 bits per heavy atom. The fourth-order valence-corrected chi connectivity index (χ4v) is 2.07. The van der Waals surface area contributed by atoms with Crippen LogP contribution in [0.15, 0.2) is 30.9 Å². The van der Waals surface area contributed by atoms with Crippen molar-refractivity contribution in [3.05, 3.63) is 46.5 Å². The Hall–Kier alpha value is -0.910.